The molecule has 4 aromatic rings. The molecule has 5 heteroatoms. The SMILES string of the molecule is CCOC(=O)C(=C[P+](c1ccccc1)(c1ccccc1)c1ccccc1)NC(=O)c1ccccc1. The van der Waals surface area contributed by atoms with E-state index in [1.54, 1.807) is 31.2 Å². The average molecular weight is 481 g/mol. The van der Waals surface area contributed by atoms with E-state index in [1.807, 2.05) is 66.5 Å². The molecule has 0 aliphatic carbocycles. The van der Waals surface area contributed by atoms with Crippen molar-refractivity contribution >= 4 is 35.1 Å². The lowest BCUT2D eigenvalue weighted by Crippen LogP contribution is -2.34. The number of carbonyl (C=O) groups excluding carboxylic acids is 2. The summed E-state index contributed by atoms with van der Waals surface area (Å²) in [4.78, 5) is 26.3. The number of benzene rings is 4. The summed E-state index contributed by atoms with van der Waals surface area (Å²) in [5, 5.41) is 6.05. The van der Waals surface area contributed by atoms with Crippen molar-refractivity contribution in [3.8, 4) is 0 Å². The fraction of sp³-hybridized carbons (Fsp3) is 0.0667. The molecule has 4 rings (SSSR count). The van der Waals surface area contributed by atoms with Gasteiger partial charge in [-0.15, -0.1) is 0 Å². The molecule has 0 heterocycles. The highest BCUT2D eigenvalue weighted by Gasteiger charge is 2.45. The Hall–Kier alpha value is -4.01. The molecule has 0 radical (unpaired) electrons. The highest BCUT2D eigenvalue weighted by atomic mass is 31.2. The Bertz CT molecular complexity index is 1190. The van der Waals surface area contributed by atoms with Crippen LogP contribution in [0, 0.1) is 0 Å². The van der Waals surface area contributed by atoms with Gasteiger partial charge in [-0.25, -0.2) is 4.79 Å². The van der Waals surface area contributed by atoms with E-state index in [9.17, 15) is 9.59 Å². The highest BCUT2D eigenvalue weighted by Crippen LogP contribution is 2.57. The summed E-state index contributed by atoms with van der Waals surface area (Å²) in [6, 6.07) is 39.2. The summed E-state index contributed by atoms with van der Waals surface area (Å²) in [5.74, 6) is 0.993. The maximum absolute atomic E-state index is 13.2. The number of rotatable bonds is 8. The lowest BCUT2D eigenvalue weighted by Gasteiger charge is -2.25. The third-order valence-corrected chi connectivity index (χ3v) is 9.58. The van der Waals surface area contributed by atoms with E-state index in [0.717, 1.165) is 15.9 Å². The molecule has 0 fully saturated rings. The van der Waals surface area contributed by atoms with E-state index in [0.29, 0.717) is 5.56 Å². The van der Waals surface area contributed by atoms with Crippen LogP contribution in [0.5, 0.6) is 0 Å². The van der Waals surface area contributed by atoms with Gasteiger partial charge in [0, 0.05) is 5.56 Å². The second-order valence-corrected chi connectivity index (χ2v) is 11.1. The molecule has 0 aliphatic heterocycles. The van der Waals surface area contributed by atoms with Gasteiger partial charge in [-0.2, -0.15) is 0 Å². The number of amides is 1. The van der Waals surface area contributed by atoms with E-state index >= 15 is 0 Å². The van der Waals surface area contributed by atoms with Crippen LogP contribution in [-0.2, 0) is 9.53 Å². The maximum atomic E-state index is 13.2. The summed E-state index contributed by atoms with van der Waals surface area (Å²) in [5.41, 5.74) is 0.594. The quantitative estimate of drug-likeness (QED) is 0.224. The number of esters is 1. The van der Waals surface area contributed by atoms with E-state index < -0.39 is 13.2 Å². The third kappa shape index (κ3) is 5.40. The van der Waals surface area contributed by atoms with Crippen LogP contribution in [-0.4, -0.2) is 18.5 Å². The zero-order valence-electron chi connectivity index (χ0n) is 19.5. The van der Waals surface area contributed by atoms with Crippen molar-refractivity contribution in [1.82, 2.24) is 5.32 Å². The van der Waals surface area contributed by atoms with Crippen molar-refractivity contribution < 1.29 is 14.3 Å². The fourth-order valence-corrected chi connectivity index (χ4v) is 7.81. The molecule has 0 aromatic heterocycles. The Morgan fingerprint density at radius 2 is 1.09 bits per heavy atom. The van der Waals surface area contributed by atoms with Crippen molar-refractivity contribution in [2.24, 2.45) is 0 Å². The normalized spacial score (nSPS) is 11.5. The lowest BCUT2D eigenvalue weighted by molar-refractivity contribution is -0.138. The second kappa shape index (κ2) is 11.4. The smallest absolute Gasteiger partial charge is 0.358 e. The Morgan fingerprint density at radius 3 is 1.49 bits per heavy atom. The van der Waals surface area contributed by atoms with Gasteiger partial charge in [-0.3, -0.25) is 4.79 Å². The first kappa shape index (κ1) is 24.1. The summed E-state index contributed by atoms with van der Waals surface area (Å²) >= 11 is 0. The van der Waals surface area contributed by atoms with Gasteiger partial charge >= 0.3 is 5.97 Å². The minimum Gasteiger partial charge on any atom is -0.461 e. The highest BCUT2D eigenvalue weighted by molar-refractivity contribution is 7.98. The van der Waals surface area contributed by atoms with E-state index in [2.05, 4.69) is 41.7 Å². The van der Waals surface area contributed by atoms with Gasteiger partial charge in [0.1, 0.15) is 29.0 Å². The minimum absolute atomic E-state index is 0.130. The predicted octanol–water partition coefficient (Wildman–Crippen LogP) is 4.82. The Kier molecular flexibility index (Phi) is 7.87. The number of hydrogen-bond acceptors (Lipinski definition) is 3. The summed E-state index contributed by atoms with van der Waals surface area (Å²) in [7, 11) is -2.51. The molecule has 0 saturated heterocycles. The molecule has 174 valence electrons. The van der Waals surface area contributed by atoms with Crippen molar-refractivity contribution in [1.29, 1.82) is 0 Å². The average Bonchev–Trinajstić information content (AvgIpc) is 2.93. The molecule has 1 amide bonds. The summed E-state index contributed by atoms with van der Waals surface area (Å²) < 4.78 is 5.39. The van der Waals surface area contributed by atoms with Crippen LogP contribution < -0.4 is 21.2 Å². The molecule has 35 heavy (non-hydrogen) atoms. The van der Waals surface area contributed by atoms with E-state index in [4.69, 9.17) is 4.74 Å². The molecule has 0 aliphatic rings. The molecule has 0 bridgehead atoms. The monoisotopic (exact) mass is 480 g/mol. The lowest BCUT2D eigenvalue weighted by atomic mass is 10.2. The first-order valence-corrected chi connectivity index (χ1v) is 13.3. The Labute approximate surface area is 206 Å². The number of nitrogens with one attached hydrogen (secondary N) is 1. The van der Waals surface area contributed by atoms with Gasteiger partial charge in [0.15, 0.2) is 5.70 Å². The van der Waals surface area contributed by atoms with Gasteiger partial charge in [0.25, 0.3) is 5.91 Å². The molecular weight excluding hydrogens is 453 g/mol. The zero-order chi connectivity index (χ0) is 24.5. The molecule has 0 spiro atoms. The van der Waals surface area contributed by atoms with Crippen molar-refractivity contribution in [3.63, 3.8) is 0 Å². The van der Waals surface area contributed by atoms with E-state index in [-0.39, 0.29) is 18.2 Å². The van der Waals surface area contributed by atoms with Crippen LogP contribution >= 0.6 is 7.26 Å². The van der Waals surface area contributed by atoms with Gasteiger partial charge < -0.3 is 10.1 Å². The van der Waals surface area contributed by atoms with Crippen molar-refractivity contribution in [2.75, 3.05) is 6.61 Å². The van der Waals surface area contributed by atoms with Crippen LogP contribution in [0.15, 0.2) is 133 Å². The molecular formula is C30H27NO3P+. The first-order valence-electron chi connectivity index (χ1n) is 11.5. The van der Waals surface area contributed by atoms with Crippen LogP contribution in [0.1, 0.15) is 17.3 Å². The van der Waals surface area contributed by atoms with Crippen LogP contribution in [0.3, 0.4) is 0 Å². The fourth-order valence-electron chi connectivity index (χ4n) is 3.98. The van der Waals surface area contributed by atoms with Gasteiger partial charge in [-0.1, -0.05) is 72.8 Å². The zero-order valence-corrected chi connectivity index (χ0v) is 20.4. The number of ether oxygens (including phenoxy) is 1. The van der Waals surface area contributed by atoms with Gasteiger partial charge in [0.2, 0.25) is 0 Å². The molecule has 0 saturated carbocycles. The van der Waals surface area contributed by atoms with Gasteiger partial charge in [0.05, 0.1) is 6.61 Å². The largest absolute Gasteiger partial charge is 0.461 e. The molecule has 4 aromatic carbocycles. The first-order chi connectivity index (χ1) is 17.1. The third-order valence-electron chi connectivity index (χ3n) is 5.59. The molecule has 4 nitrogen and oxygen atoms in total. The van der Waals surface area contributed by atoms with Gasteiger partial charge in [-0.05, 0) is 55.5 Å². The molecule has 0 unspecified atom stereocenters. The number of carbonyl (C=O) groups is 2. The molecule has 1 N–H and O–H groups in total. The van der Waals surface area contributed by atoms with E-state index in [1.165, 1.54) is 0 Å². The Morgan fingerprint density at radius 1 is 0.686 bits per heavy atom. The van der Waals surface area contributed by atoms with Crippen LogP contribution in [0.4, 0.5) is 0 Å². The summed E-state index contributed by atoms with van der Waals surface area (Å²) in [6.45, 7) is 1.95. The van der Waals surface area contributed by atoms with Crippen molar-refractivity contribution in [2.45, 2.75) is 6.92 Å². The topological polar surface area (TPSA) is 55.4 Å². The Balaban J connectivity index is 1.97. The number of hydrogen-bond donors (Lipinski definition) is 1. The minimum atomic E-state index is -2.51. The van der Waals surface area contributed by atoms with Crippen LogP contribution in [0.25, 0.3) is 0 Å². The summed E-state index contributed by atoms with van der Waals surface area (Å²) in [6.07, 6.45) is 0. The standard InChI is InChI=1S/C30H26NO3P/c1-2-34-30(33)28(31-29(32)24-15-7-3-8-16-24)23-35(25-17-9-4-10-18-25,26-19-11-5-12-20-26)27-21-13-6-14-22-27/h3-23H,2H2,1H3/p+1. The second-order valence-electron chi connectivity index (χ2n) is 7.81. The van der Waals surface area contributed by atoms with Crippen LogP contribution in [0.2, 0.25) is 0 Å². The van der Waals surface area contributed by atoms with Crippen molar-refractivity contribution in [3.05, 3.63) is 138 Å². The predicted molar refractivity (Wildman–Crippen MR) is 144 cm³/mol. The maximum Gasteiger partial charge on any atom is 0.358 e. The molecule has 0 atom stereocenters.